The molecule has 2 rings (SSSR count). The smallest absolute Gasteiger partial charge is 0.235 e. The molecule has 0 fully saturated rings. The van der Waals surface area contributed by atoms with Crippen molar-refractivity contribution in [2.75, 3.05) is 5.88 Å². The van der Waals surface area contributed by atoms with Crippen LogP contribution in [0.25, 0.3) is 5.69 Å². The molecule has 0 bridgehead atoms. The van der Waals surface area contributed by atoms with Crippen molar-refractivity contribution in [3.63, 3.8) is 0 Å². The maximum absolute atomic E-state index is 11.2. The summed E-state index contributed by atoms with van der Waals surface area (Å²) in [6.45, 7) is 4.39. The summed E-state index contributed by atoms with van der Waals surface area (Å²) < 4.78 is 1.89. The molecule has 0 radical (unpaired) electrons. The second-order valence-electron chi connectivity index (χ2n) is 4.31. The maximum Gasteiger partial charge on any atom is 0.235 e. The fourth-order valence-electron chi connectivity index (χ4n) is 1.99. The van der Waals surface area contributed by atoms with Crippen LogP contribution < -0.4 is 5.32 Å². The Morgan fingerprint density at radius 2 is 2.00 bits per heavy atom. The molecule has 0 aliphatic heterocycles. The number of halogens is 1. The zero-order valence-electron chi connectivity index (χ0n) is 11.0. The number of benzene rings is 1. The van der Waals surface area contributed by atoms with E-state index in [2.05, 4.69) is 10.4 Å². The first-order valence-electron chi connectivity index (χ1n) is 6.06. The number of carbonyl (C=O) groups is 1. The SMILES string of the molecule is Cc1nn(-c2ccccc2)c(C)c1CNC(=O)CCl. The van der Waals surface area contributed by atoms with Crippen molar-refractivity contribution >= 4 is 17.5 Å². The van der Waals surface area contributed by atoms with Crippen molar-refractivity contribution in [2.24, 2.45) is 0 Å². The van der Waals surface area contributed by atoms with Crippen LogP contribution in [0.15, 0.2) is 30.3 Å². The Morgan fingerprint density at radius 3 is 2.63 bits per heavy atom. The van der Waals surface area contributed by atoms with Gasteiger partial charge >= 0.3 is 0 Å². The Balaban J connectivity index is 2.27. The van der Waals surface area contributed by atoms with E-state index in [-0.39, 0.29) is 11.8 Å². The first kappa shape index (κ1) is 13.6. The Labute approximate surface area is 117 Å². The molecule has 1 amide bonds. The van der Waals surface area contributed by atoms with Crippen molar-refractivity contribution in [3.05, 3.63) is 47.3 Å². The lowest BCUT2D eigenvalue weighted by molar-refractivity contribution is -0.118. The molecule has 0 aliphatic carbocycles. The molecule has 1 aromatic heterocycles. The van der Waals surface area contributed by atoms with Gasteiger partial charge in [0.1, 0.15) is 5.88 Å². The number of nitrogens with one attached hydrogen (secondary N) is 1. The largest absolute Gasteiger partial charge is 0.351 e. The van der Waals surface area contributed by atoms with Gasteiger partial charge in [-0.25, -0.2) is 4.68 Å². The summed E-state index contributed by atoms with van der Waals surface area (Å²) in [6, 6.07) is 9.92. The van der Waals surface area contributed by atoms with Crippen LogP contribution in [0.5, 0.6) is 0 Å². The number of aryl methyl sites for hydroxylation is 1. The third-order valence-electron chi connectivity index (χ3n) is 3.03. The molecular formula is C14H16ClN3O. The van der Waals surface area contributed by atoms with Crippen molar-refractivity contribution in [1.82, 2.24) is 15.1 Å². The lowest BCUT2D eigenvalue weighted by Gasteiger charge is -2.06. The number of rotatable bonds is 4. The zero-order chi connectivity index (χ0) is 13.8. The zero-order valence-corrected chi connectivity index (χ0v) is 11.7. The minimum atomic E-state index is -0.173. The van der Waals surface area contributed by atoms with E-state index in [1.165, 1.54) is 0 Å². The topological polar surface area (TPSA) is 46.9 Å². The molecule has 0 atom stereocenters. The van der Waals surface area contributed by atoms with Gasteiger partial charge in [-0.15, -0.1) is 11.6 Å². The highest BCUT2D eigenvalue weighted by Crippen LogP contribution is 2.17. The molecule has 1 aromatic carbocycles. The Morgan fingerprint density at radius 1 is 1.32 bits per heavy atom. The van der Waals surface area contributed by atoms with Gasteiger partial charge in [0.05, 0.1) is 11.4 Å². The standard InChI is InChI=1S/C14H16ClN3O/c1-10-13(9-16-14(19)8-15)11(2)18(17-10)12-6-4-3-5-7-12/h3-7H,8-9H2,1-2H3,(H,16,19). The summed E-state index contributed by atoms with van der Waals surface area (Å²) in [5, 5.41) is 7.29. The Kier molecular flexibility index (Phi) is 4.22. The van der Waals surface area contributed by atoms with Gasteiger partial charge < -0.3 is 5.32 Å². The molecule has 5 heteroatoms. The summed E-state index contributed by atoms with van der Waals surface area (Å²) in [5.74, 6) is -0.196. The number of hydrogen-bond donors (Lipinski definition) is 1. The maximum atomic E-state index is 11.2. The van der Waals surface area contributed by atoms with E-state index in [1.54, 1.807) is 0 Å². The number of hydrogen-bond acceptors (Lipinski definition) is 2. The number of carbonyl (C=O) groups excluding carboxylic acids is 1. The second kappa shape index (κ2) is 5.89. The van der Waals surface area contributed by atoms with Crippen LogP contribution >= 0.6 is 11.6 Å². The normalized spacial score (nSPS) is 10.5. The van der Waals surface area contributed by atoms with Gasteiger partial charge in [-0.3, -0.25) is 4.79 Å². The molecule has 100 valence electrons. The number of amides is 1. The highest BCUT2D eigenvalue weighted by Gasteiger charge is 2.13. The number of aromatic nitrogens is 2. The molecular weight excluding hydrogens is 262 g/mol. The van der Waals surface area contributed by atoms with E-state index >= 15 is 0 Å². The second-order valence-corrected chi connectivity index (χ2v) is 4.57. The van der Waals surface area contributed by atoms with E-state index in [9.17, 15) is 4.79 Å². The average Bonchev–Trinajstić information content (AvgIpc) is 2.72. The average molecular weight is 278 g/mol. The van der Waals surface area contributed by atoms with Crippen LogP contribution in [0.4, 0.5) is 0 Å². The molecule has 19 heavy (non-hydrogen) atoms. The fourth-order valence-corrected chi connectivity index (χ4v) is 2.08. The van der Waals surface area contributed by atoms with Crippen LogP contribution in [0.2, 0.25) is 0 Å². The summed E-state index contributed by atoms with van der Waals surface area (Å²) in [7, 11) is 0. The van der Waals surface area contributed by atoms with E-state index < -0.39 is 0 Å². The molecule has 1 N–H and O–H groups in total. The van der Waals surface area contributed by atoms with Crippen molar-refractivity contribution < 1.29 is 4.79 Å². The fraction of sp³-hybridized carbons (Fsp3) is 0.286. The number of alkyl halides is 1. The van der Waals surface area contributed by atoms with Gasteiger partial charge in [0.2, 0.25) is 5.91 Å². The van der Waals surface area contributed by atoms with Gasteiger partial charge in [-0.2, -0.15) is 5.10 Å². The quantitative estimate of drug-likeness (QED) is 0.872. The Hall–Kier alpha value is -1.81. The minimum Gasteiger partial charge on any atom is -0.351 e. The third kappa shape index (κ3) is 2.96. The lowest BCUT2D eigenvalue weighted by atomic mass is 10.2. The molecule has 4 nitrogen and oxygen atoms in total. The molecule has 2 aromatic rings. The molecule has 0 spiro atoms. The van der Waals surface area contributed by atoms with E-state index in [0.29, 0.717) is 6.54 Å². The van der Waals surface area contributed by atoms with Crippen LogP contribution in [0.3, 0.4) is 0 Å². The molecule has 0 saturated heterocycles. The van der Waals surface area contributed by atoms with E-state index in [1.807, 2.05) is 48.9 Å². The van der Waals surface area contributed by atoms with Crippen molar-refractivity contribution in [1.29, 1.82) is 0 Å². The summed E-state index contributed by atoms with van der Waals surface area (Å²) in [4.78, 5) is 11.2. The van der Waals surface area contributed by atoms with Gasteiger partial charge in [0.15, 0.2) is 0 Å². The first-order chi connectivity index (χ1) is 9.13. The third-order valence-corrected chi connectivity index (χ3v) is 3.27. The molecule has 0 aliphatic rings. The number of para-hydroxylation sites is 1. The van der Waals surface area contributed by atoms with Gasteiger partial charge in [-0.1, -0.05) is 18.2 Å². The highest BCUT2D eigenvalue weighted by molar-refractivity contribution is 6.27. The predicted molar refractivity (Wildman–Crippen MR) is 75.6 cm³/mol. The molecule has 1 heterocycles. The first-order valence-corrected chi connectivity index (χ1v) is 6.60. The van der Waals surface area contributed by atoms with Gasteiger partial charge in [-0.05, 0) is 26.0 Å². The summed E-state index contributed by atoms with van der Waals surface area (Å²) in [5.41, 5.74) is 3.98. The van der Waals surface area contributed by atoms with Gasteiger partial charge in [0, 0.05) is 17.8 Å². The van der Waals surface area contributed by atoms with E-state index in [0.717, 1.165) is 22.6 Å². The van der Waals surface area contributed by atoms with Crippen LogP contribution in [-0.2, 0) is 11.3 Å². The molecule has 0 unspecified atom stereocenters. The van der Waals surface area contributed by atoms with Crippen LogP contribution in [-0.4, -0.2) is 21.6 Å². The summed E-state index contributed by atoms with van der Waals surface area (Å²) in [6.07, 6.45) is 0. The predicted octanol–water partition coefficient (Wildman–Crippen LogP) is 2.34. The van der Waals surface area contributed by atoms with Crippen molar-refractivity contribution in [3.8, 4) is 5.69 Å². The summed E-state index contributed by atoms with van der Waals surface area (Å²) >= 11 is 5.47. The monoisotopic (exact) mass is 277 g/mol. The van der Waals surface area contributed by atoms with Crippen LogP contribution in [0.1, 0.15) is 17.0 Å². The van der Waals surface area contributed by atoms with Crippen molar-refractivity contribution in [2.45, 2.75) is 20.4 Å². The minimum absolute atomic E-state index is 0.0229. The number of nitrogens with zero attached hydrogens (tertiary/aromatic N) is 2. The highest BCUT2D eigenvalue weighted by atomic mass is 35.5. The molecule has 0 saturated carbocycles. The van der Waals surface area contributed by atoms with Gasteiger partial charge in [0.25, 0.3) is 0 Å². The lowest BCUT2D eigenvalue weighted by Crippen LogP contribution is -2.24. The van der Waals surface area contributed by atoms with Crippen LogP contribution in [0, 0.1) is 13.8 Å². The van der Waals surface area contributed by atoms with E-state index in [4.69, 9.17) is 11.6 Å². The Bertz CT molecular complexity index is 578.